The fourth-order valence-corrected chi connectivity index (χ4v) is 3.03. The molecule has 0 spiro atoms. The summed E-state index contributed by atoms with van der Waals surface area (Å²) in [6.45, 7) is 4.68. The van der Waals surface area contributed by atoms with E-state index in [2.05, 4.69) is 5.32 Å². The van der Waals surface area contributed by atoms with Gasteiger partial charge in [-0.1, -0.05) is 17.2 Å². The Bertz CT molecular complexity index is 834. The van der Waals surface area contributed by atoms with Crippen LogP contribution in [-0.4, -0.2) is 46.0 Å². The van der Waals surface area contributed by atoms with Crippen LogP contribution in [0.1, 0.15) is 54.3 Å². The van der Waals surface area contributed by atoms with E-state index in [1.807, 2.05) is 0 Å². The van der Waals surface area contributed by atoms with Crippen LogP contribution >= 0.6 is 0 Å². The average molecular weight is 396 g/mol. The van der Waals surface area contributed by atoms with E-state index in [0.29, 0.717) is 0 Å². The van der Waals surface area contributed by atoms with Gasteiger partial charge in [-0.25, -0.2) is 18.4 Å². The van der Waals surface area contributed by atoms with Crippen LogP contribution in [0.4, 0.5) is 13.6 Å². The number of carbonyl (C=O) groups excluding carboxylic acids is 4. The molecule has 2 aliphatic rings. The second-order valence-corrected chi connectivity index (χ2v) is 7.75. The van der Waals surface area contributed by atoms with E-state index in [1.165, 1.54) is 24.3 Å². The topological polar surface area (TPSA) is 102 Å². The average Bonchev–Trinajstić information content (AvgIpc) is 2.76. The number of carbonyl (C=O) groups is 4. The Hall–Kier alpha value is -3.04. The van der Waals surface area contributed by atoms with Gasteiger partial charge in [0, 0.05) is 12.8 Å². The Morgan fingerprint density at radius 3 is 2.00 bits per heavy atom. The highest BCUT2D eigenvalue weighted by molar-refractivity contribution is 6.21. The van der Waals surface area contributed by atoms with Gasteiger partial charge in [0.2, 0.25) is 0 Å². The zero-order valence-corrected chi connectivity index (χ0v) is 15.4. The Kier molecular flexibility index (Phi) is 4.40. The molecule has 1 saturated carbocycles. The van der Waals surface area contributed by atoms with Crippen LogP contribution in [0.25, 0.3) is 0 Å². The number of amides is 3. The third-order valence-corrected chi connectivity index (χ3v) is 4.18. The third kappa shape index (κ3) is 3.54. The molecule has 3 rings (SSSR count). The van der Waals surface area contributed by atoms with Crippen molar-refractivity contribution in [2.45, 2.75) is 50.7 Å². The van der Waals surface area contributed by atoms with Crippen LogP contribution in [0.5, 0.6) is 0 Å². The van der Waals surface area contributed by atoms with Crippen LogP contribution in [0.3, 0.4) is 0 Å². The minimum Gasteiger partial charge on any atom is -0.444 e. The van der Waals surface area contributed by atoms with Gasteiger partial charge < -0.3 is 14.9 Å². The SMILES string of the molecule is CC(C)(C)OC(=O)NC1(C(=O)ON2C(=O)c3ccccc3C2=O)CC(F)(F)C1. The van der Waals surface area contributed by atoms with E-state index in [4.69, 9.17) is 9.57 Å². The number of imide groups is 1. The lowest BCUT2D eigenvalue weighted by Crippen LogP contribution is -2.68. The number of nitrogens with zero attached hydrogens (tertiary/aromatic N) is 1. The van der Waals surface area contributed by atoms with Gasteiger partial charge in [-0.3, -0.25) is 9.59 Å². The molecule has 1 heterocycles. The molecule has 0 bridgehead atoms. The van der Waals surface area contributed by atoms with Gasteiger partial charge in [0.1, 0.15) is 5.60 Å². The highest BCUT2D eigenvalue weighted by atomic mass is 19.3. The number of halogens is 2. The van der Waals surface area contributed by atoms with E-state index >= 15 is 0 Å². The summed E-state index contributed by atoms with van der Waals surface area (Å²) in [5.41, 5.74) is -2.99. The summed E-state index contributed by atoms with van der Waals surface area (Å²) in [5.74, 6) is -6.35. The Morgan fingerprint density at radius 2 is 1.57 bits per heavy atom. The van der Waals surface area contributed by atoms with Crippen molar-refractivity contribution >= 4 is 23.9 Å². The largest absolute Gasteiger partial charge is 0.444 e. The van der Waals surface area contributed by atoms with Gasteiger partial charge in [0.05, 0.1) is 11.1 Å². The summed E-state index contributed by atoms with van der Waals surface area (Å²) in [7, 11) is 0. The summed E-state index contributed by atoms with van der Waals surface area (Å²) in [4.78, 5) is 54.0. The normalized spacial score (nSPS) is 19.5. The minimum atomic E-state index is -3.21. The van der Waals surface area contributed by atoms with E-state index in [1.54, 1.807) is 20.8 Å². The van der Waals surface area contributed by atoms with Crippen LogP contribution in [0.2, 0.25) is 0 Å². The Morgan fingerprint density at radius 1 is 1.07 bits per heavy atom. The highest BCUT2D eigenvalue weighted by Crippen LogP contribution is 2.46. The molecule has 150 valence electrons. The maximum absolute atomic E-state index is 13.5. The lowest BCUT2D eigenvalue weighted by atomic mass is 9.73. The Labute approximate surface area is 158 Å². The van der Waals surface area contributed by atoms with Crippen molar-refractivity contribution in [3.63, 3.8) is 0 Å². The van der Waals surface area contributed by atoms with E-state index < -0.39 is 53.8 Å². The Balaban J connectivity index is 1.77. The molecule has 1 aromatic carbocycles. The number of hydrogen-bond donors (Lipinski definition) is 1. The van der Waals surface area contributed by atoms with Gasteiger partial charge in [-0.2, -0.15) is 0 Å². The summed E-state index contributed by atoms with van der Waals surface area (Å²) in [6.07, 6.45) is -3.18. The van der Waals surface area contributed by atoms with Crippen LogP contribution in [0, 0.1) is 0 Å². The van der Waals surface area contributed by atoms with Crippen molar-refractivity contribution in [1.82, 2.24) is 10.4 Å². The molecular formula is C18H18F2N2O6. The summed E-state index contributed by atoms with van der Waals surface area (Å²) in [6, 6.07) is 5.78. The first-order chi connectivity index (χ1) is 12.8. The first-order valence-electron chi connectivity index (χ1n) is 8.43. The molecule has 8 nitrogen and oxygen atoms in total. The monoisotopic (exact) mass is 396 g/mol. The molecule has 0 unspecified atom stereocenters. The molecule has 1 aromatic rings. The lowest BCUT2D eigenvalue weighted by molar-refractivity contribution is -0.201. The molecule has 3 amide bonds. The van der Waals surface area contributed by atoms with Gasteiger partial charge in [-0.05, 0) is 32.9 Å². The van der Waals surface area contributed by atoms with Gasteiger partial charge >= 0.3 is 12.1 Å². The zero-order chi connectivity index (χ0) is 20.9. The number of hydroxylamine groups is 2. The van der Waals surface area contributed by atoms with Crippen molar-refractivity contribution in [2.75, 3.05) is 0 Å². The minimum absolute atomic E-state index is 0.0217. The van der Waals surface area contributed by atoms with Gasteiger partial charge in [0.15, 0.2) is 5.54 Å². The summed E-state index contributed by atoms with van der Waals surface area (Å²) < 4.78 is 32.0. The van der Waals surface area contributed by atoms with Crippen LogP contribution in [-0.2, 0) is 14.4 Å². The molecule has 0 radical (unpaired) electrons. The number of alkyl halides is 2. The van der Waals surface area contributed by atoms with E-state index in [-0.39, 0.29) is 16.2 Å². The fourth-order valence-electron chi connectivity index (χ4n) is 3.03. The predicted octanol–water partition coefficient (Wildman–Crippen LogP) is 2.43. The quantitative estimate of drug-likeness (QED) is 0.788. The van der Waals surface area contributed by atoms with Crippen LogP contribution in [0.15, 0.2) is 24.3 Å². The summed E-state index contributed by atoms with van der Waals surface area (Å²) >= 11 is 0. The van der Waals surface area contributed by atoms with E-state index in [9.17, 15) is 28.0 Å². The number of ether oxygens (including phenoxy) is 1. The number of nitrogens with one attached hydrogen (secondary N) is 1. The van der Waals surface area contributed by atoms with Crippen molar-refractivity contribution in [2.24, 2.45) is 0 Å². The van der Waals surface area contributed by atoms with Crippen LogP contribution < -0.4 is 5.32 Å². The predicted molar refractivity (Wildman–Crippen MR) is 89.3 cm³/mol. The van der Waals surface area contributed by atoms with Crippen molar-refractivity contribution in [1.29, 1.82) is 0 Å². The van der Waals surface area contributed by atoms with Gasteiger partial charge in [0.25, 0.3) is 17.7 Å². The number of fused-ring (bicyclic) bond motifs is 1. The molecule has 1 N–H and O–H groups in total. The van der Waals surface area contributed by atoms with Crippen molar-refractivity contribution in [3.8, 4) is 0 Å². The smallest absolute Gasteiger partial charge is 0.408 e. The highest BCUT2D eigenvalue weighted by Gasteiger charge is 2.64. The molecule has 1 fully saturated rings. The summed E-state index contributed by atoms with van der Waals surface area (Å²) in [5, 5.41) is 2.31. The molecule has 1 aliphatic carbocycles. The molecule has 0 atom stereocenters. The lowest BCUT2D eigenvalue weighted by Gasteiger charge is -2.45. The molecule has 28 heavy (non-hydrogen) atoms. The number of alkyl carbamates (subject to hydrolysis) is 1. The van der Waals surface area contributed by atoms with Crippen molar-refractivity contribution < 1.29 is 37.5 Å². The molecule has 1 aliphatic heterocycles. The fraction of sp³-hybridized carbons (Fsp3) is 0.444. The number of hydrogen-bond acceptors (Lipinski definition) is 6. The van der Waals surface area contributed by atoms with Crippen molar-refractivity contribution in [3.05, 3.63) is 35.4 Å². The standard InChI is InChI=1S/C18H18F2N2O6/c1-16(2,3)27-15(26)21-17(8-18(19,20)9-17)14(25)28-22-12(23)10-6-4-5-7-11(10)13(22)24/h4-7H,8-9H2,1-3H3,(H,21,26). The number of benzene rings is 1. The second-order valence-electron chi connectivity index (χ2n) is 7.75. The maximum atomic E-state index is 13.5. The molecule has 10 heteroatoms. The number of rotatable bonds is 3. The maximum Gasteiger partial charge on any atom is 0.408 e. The zero-order valence-electron chi connectivity index (χ0n) is 15.4. The van der Waals surface area contributed by atoms with E-state index in [0.717, 1.165) is 0 Å². The third-order valence-electron chi connectivity index (χ3n) is 4.18. The molecule has 0 aromatic heterocycles. The first-order valence-corrected chi connectivity index (χ1v) is 8.43. The second kappa shape index (κ2) is 6.25. The molecular weight excluding hydrogens is 378 g/mol. The van der Waals surface area contributed by atoms with Gasteiger partial charge in [-0.15, -0.1) is 0 Å². The first kappa shape index (κ1) is 19.7. The molecule has 0 saturated heterocycles.